The van der Waals surface area contributed by atoms with Crippen molar-refractivity contribution >= 4 is 11.7 Å². The van der Waals surface area contributed by atoms with Crippen molar-refractivity contribution in [2.75, 3.05) is 6.61 Å². The van der Waals surface area contributed by atoms with Gasteiger partial charge in [0.25, 0.3) is 0 Å². The summed E-state index contributed by atoms with van der Waals surface area (Å²) in [7, 11) is 0. The van der Waals surface area contributed by atoms with Crippen LogP contribution < -0.4 is 5.32 Å². The number of epoxide rings is 1. The Labute approximate surface area is 103 Å². The number of alkyl halides is 3. The number of carbonyl (C=O) groups is 2. The van der Waals surface area contributed by atoms with E-state index in [9.17, 15) is 22.8 Å². The molecule has 1 unspecified atom stereocenters. The summed E-state index contributed by atoms with van der Waals surface area (Å²) >= 11 is 0. The lowest BCUT2D eigenvalue weighted by molar-refractivity contribution is -0.175. The number of hydrogen-bond acceptors (Lipinski definition) is 3. The van der Waals surface area contributed by atoms with Crippen molar-refractivity contribution in [3.63, 3.8) is 0 Å². The molecule has 1 fully saturated rings. The van der Waals surface area contributed by atoms with Gasteiger partial charge >= 0.3 is 12.1 Å². The Morgan fingerprint density at radius 3 is 2.22 bits per heavy atom. The zero-order valence-electron chi connectivity index (χ0n) is 10.4. The Bertz CT molecular complexity index is 348. The van der Waals surface area contributed by atoms with Crippen LogP contribution in [0.2, 0.25) is 0 Å². The molecule has 0 aromatic rings. The molecule has 0 saturated carbocycles. The molecule has 1 saturated heterocycles. The molecule has 0 aliphatic carbocycles. The first kappa shape index (κ1) is 14.9. The van der Waals surface area contributed by atoms with Crippen LogP contribution in [0.25, 0.3) is 0 Å². The first-order valence-electron chi connectivity index (χ1n) is 5.62. The molecular formula is C11H16F3NO3. The molecule has 0 aromatic carbocycles. The van der Waals surface area contributed by atoms with Gasteiger partial charge in [0.1, 0.15) is 5.60 Å². The van der Waals surface area contributed by atoms with E-state index in [0.29, 0.717) is 0 Å². The second-order valence-electron chi connectivity index (χ2n) is 5.04. The Morgan fingerprint density at radius 2 is 1.89 bits per heavy atom. The van der Waals surface area contributed by atoms with Crippen molar-refractivity contribution in [3.8, 4) is 0 Å². The normalized spacial score (nSPS) is 24.8. The average Bonchev–Trinajstić information content (AvgIpc) is 2.93. The highest BCUT2D eigenvalue weighted by atomic mass is 19.4. The SMILES string of the molecule is CC(C)C[C@H](NC(=O)C(F)(F)F)C(=O)C1(C)CO1. The van der Waals surface area contributed by atoms with Crippen LogP contribution in [0, 0.1) is 5.92 Å². The van der Waals surface area contributed by atoms with E-state index in [-0.39, 0.29) is 18.9 Å². The largest absolute Gasteiger partial charge is 0.471 e. The number of amides is 1. The number of ketones is 1. The molecule has 1 rings (SSSR count). The van der Waals surface area contributed by atoms with Gasteiger partial charge in [0.15, 0.2) is 5.78 Å². The highest BCUT2D eigenvalue weighted by Crippen LogP contribution is 2.30. The average molecular weight is 267 g/mol. The molecule has 18 heavy (non-hydrogen) atoms. The monoisotopic (exact) mass is 267 g/mol. The highest BCUT2D eigenvalue weighted by Gasteiger charge is 2.51. The summed E-state index contributed by atoms with van der Waals surface area (Å²) in [6.45, 7) is 5.21. The van der Waals surface area contributed by atoms with Gasteiger partial charge in [-0.3, -0.25) is 9.59 Å². The lowest BCUT2D eigenvalue weighted by Gasteiger charge is -2.21. The molecule has 0 bridgehead atoms. The van der Waals surface area contributed by atoms with Crippen molar-refractivity contribution in [3.05, 3.63) is 0 Å². The van der Waals surface area contributed by atoms with E-state index >= 15 is 0 Å². The van der Waals surface area contributed by atoms with Gasteiger partial charge in [-0.1, -0.05) is 13.8 Å². The molecule has 2 atom stereocenters. The predicted molar refractivity (Wildman–Crippen MR) is 56.8 cm³/mol. The van der Waals surface area contributed by atoms with Crippen molar-refractivity contribution in [2.45, 2.75) is 45.0 Å². The summed E-state index contributed by atoms with van der Waals surface area (Å²) in [5.41, 5.74) is -1.04. The van der Waals surface area contributed by atoms with E-state index < -0.39 is 29.5 Å². The van der Waals surface area contributed by atoms with Gasteiger partial charge in [-0.15, -0.1) is 0 Å². The van der Waals surface area contributed by atoms with Crippen LogP contribution in [0.3, 0.4) is 0 Å². The van der Waals surface area contributed by atoms with E-state index in [1.807, 2.05) is 0 Å². The van der Waals surface area contributed by atoms with Crippen LogP contribution in [-0.4, -0.2) is 36.1 Å². The fourth-order valence-electron chi connectivity index (χ4n) is 1.56. The first-order chi connectivity index (χ1) is 8.06. The minimum absolute atomic E-state index is 0.0187. The van der Waals surface area contributed by atoms with Crippen molar-refractivity contribution in [1.29, 1.82) is 0 Å². The van der Waals surface area contributed by atoms with Gasteiger partial charge in [0.2, 0.25) is 0 Å². The van der Waals surface area contributed by atoms with Crippen LogP contribution in [0.15, 0.2) is 0 Å². The maximum Gasteiger partial charge on any atom is 0.471 e. The number of Topliss-reactive ketones (excluding diaryl/α,β-unsaturated/α-hetero) is 1. The van der Waals surface area contributed by atoms with Crippen LogP contribution in [0.5, 0.6) is 0 Å². The lowest BCUT2D eigenvalue weighted by Crippen LogP contribution is -2.50. The molecule has 1 amide bonds. The standard InChI is InChI=1S/C11H16F3NO3/c1-6(2)4-7(8(16)10(3)5-18-10)15-9(17)11(12,13)14/h6-7H,4-5H2,1-3H3,(H,15,17)/t7-,10?/m0/s1. The molecule has 1 aliphatic heterocycles. The summed E-state index contributed by atoms with van der Waals surface area (Å²) < 4.78 is 41.4. The Balaban J connectivity index is 2.73. The zero-order chi connectivity index (χ0) is 14.1. The third-order valence-electron chi connectivity index (χ3n) is 2.68. The molecule has 4 nitrogen and oxygen atoms in total. The van der Waals surface area contributed by atoms with Crippen molar-refractivity contribution in [2.24, 2.45) is 5.92 Å². The van der Waals surface area contributed by atoms with Crippen LogP contribution in [-0.2, 0) is 14.3 Å². The first-order valence-corrected chi connectivity index (χ1v) is 5.62. The van der Waals surface area contributed by atoms with E-state index in [2.05, 4.69) is 0 Å². The Hall–Kier alpha value is -1.11. The van der Waals surface area contributed by atoms with Crippen molar-refractivity contribution < 1.29 is 27.5 Å². The number of carbonyl (C=O) groups excluding carboxylic acids is 2. The number of nitrogens with one attached hydrogen (secondary N) is 1. The third-order valence-corrected chi connectivity index (χ3v) is 2.68. The van der Waals surface area contributed by atoms with Gasteiger partial charge in [-0.05, 0) is 19.3 Å². The minimum atomic E-state index is -4.99. The fraction of sp³-hybridized carbons (Fsp3) is 0.818. The van der Waals surface area contributed by atoms with Crippen LogP contribution in [0.4, 0.5) is 13.2 Å². The summed E-state index contributed by atoms with van der Waals surface area (Å²) in [6.07, 6.45) is -4.83. The van der Waals surface area contributed by atoms with E-state index in [1.165, 1.54) is 6.92 Å². The van der Waals surface area contributed by atoms with Gasteiger partial charge in [-0.2, -0.15) is 13.2 Å². The number of rotatable bonds is 5. The molecule has 104 valence electrons. The third kappa shape index (κ3) is 3.69. The molecule has 0 radical (unpaired) electrons. The van der Waals surface area contributed by atoms with Gasteiger partial charge in [0, 0.05) is 0 Å². The zero-order valence-corrected chi connectivity index (χ0v) is 10.4. The van der Waals surface area contributed by atoms with Gasteiger partial charge in [0.05, 0.1) is 12.6 Å². The van der Waals surface area contributed by atoms with Crippen molar-refractivity contribution in [1.82, 2.24) is 5.32 Å². The summed E-state index contributed by atoms with van der Waals surface area (Å²) in [5.74, 6) is -2.62. The lowest BCUT2D eigenvalue weighted by atomic mass is 9.93. The maximum absolute atomic E-state index is 12.2. The quantitative estimate of drug-likeness (QED) is 0.767. The number of halogens is 3. The molecule has 0 aromatic heterocycles. The maximum atomic E-state index is 12.2. The van der Waals surface area contributed by atoms with Crippen LogP contribution in [0.1, 0.15) is 27.2 Å². The van der Waals surface area contributed by atoms with E-state index in [0.717, 1.165) is 0 Å². The molecule has 1 aliphatic rings. The molecule has 0 spiro atoms. The van der Waals surface area contributed by atoms with Gasteiger partial charge in [-0.25, -0.2) is 0 Å². The molecular weight excluding hydrogens is 251 g/mol. The number of hydrogen-bond donors (Lipinski definition) is 1. The highest BCUT2D eigenvalue weighted by molar-refractivity contribution is 5.97. The van der Waals surface area contributed by atoms with E-state index in [4.69, 9.17) is 4.74 Å². The number of ether oxygens (including phenoxy) is 1. The topological polar surface area (TPSA) is 58.7 Å². The second kappa shape index (κ2) is 4.87. The van der Waals surface area contributed by atoms with E-state index in [1.54, 1.807) is 19.2 Å². The predicted octanol–water partition coefficient (Wildman–Crippen LogP) is 1.44. The Kier molecular flexibility index (Phi) is 4.05. The fourth-order valence-corrected chi connectivity index (χ4v) is 1.56. The molecule has 1 N–H and O–H groups in total. The molecule has 1 heterocycles. The summed E-state index contributed by atoms with van der Waals surface area (Å²) in [5, 5.41) is 1.74. The van der Waals surface area contributed by atoms with Gasteiger partial charge < -0.3 is 10.1 Å². The second-order valence-corrected chi connectivity index (χ2v) is 5.04. The smallest absolute Gasteiger partial charge is 0.361 e. The van der Waals surface area contributed by atoms with Crippen LogP contribution >= 0.6 is 0 Å². The minimum Gasteiger partial charge on any atom is -0.361 e. The summed E-state index contributed by atoms with van der Waals surface area (Å²) in [6, 6.07) is -1.16. The summed E-state index contributed by atoms with van der Waals surface area (Å²) in [4.78, 5) is 22.8. The Morgan fingerprint density at radius 1 is 1.39 bits per heavy atom. The molecule has 7 heteroatoms.